The quantitative estimate of drug-likeness (QED) is 0.425. The minimum atomic E-state index is 0.301. The van der Waals surface area contributed by atoms with Gasteiger partial charge in [0.05, 0.1) is 6.42 Å². The Hall–Kier alpha value is -0.770. The second kappa shape index (κ2) is 2.52. The lowest BCUT2D eigenvalue weighted by Crippen LogP contribution is -1.91. The standard InChI is InChI=1S/C7H8O/c8-7-5-3-1-2-4-6-7/h1,3,5-6H2. The number of rotatable bonds is 0. The fraction of sp³-hybridized carbons (Fsp3) is 0.571. The molecule has 0 amide bonds. The minimum absolute atomic E-state index is 0.301. The molecule has 0 saturated carbocycles. The molecule has 1 nitrogen and oxygen atoms in total. The van der Waals surface area contributed by atoms with Crippen molar-refractivity contribution in [1.82, 2.24) is 0 Å². The van der Waals surface area contributed by atoms with Gasteiger partial charge in [0.15, 0.2) is 0 Å². The Labute approximate surface area is 49.1 Å². The van der Waals surface area contributed by atoms with Crippen molar-refractivity contribution in [2.45, 2.75) is 25.7 Å². The maximum Gasteiger partial charge on any atom is 0.144 e. The Bertz CT molecular complexity index is 148. The molecule has 0 aliphatic heterocycles. The number of hydrogen-bond acceptors (Lipinski definition) is 1. The maximum atomic E-state index is 10.6. The van der Waals surface area contributed by atoms with Crippen LogP contribution in [-0.2, 0) is 4.79 Å². The molecule has 0 radical (unpaired) electrons. The largest absolute Gasteiger partial charge is 0.299 e. The van der Waals surface area contributed by atoms with Crippen molar-refractivity contribution >= 4 is 5.78 Å². The van der Waals surface area contributed by atoms with Crippen LogP contribution in [0.15, 0.2) is 0 Å². The minimum Gasteiger partial charge on any atom is -0.299 e. The Kier molecular flexibility index (Phi) is 1.69. The summed E-state index contributed by atoms with van der Waals surface area (Å²) in [5.41, 5.74) is 0. The molecule has 0 heterocycles. The lowest BCUT2D eigenvalue weighted by Gasteiger charge is -1.86. The topological polar surface area (TPSA) is 17.1 Å². The van der Waals surface area contributed by atoms with E-state index in [4.69, 9.17) is 0 Å². The highest BCUT2D eigenvalue weighted by atomic mass is 16.1. The molecular formula is C7H8O. The van der Waals surface area contributed by atoms with Gasteiger partial charge in [-0.2, -0.15) is 0 Å². The second-order valence-electron chi connectivity index (χ2n) is 1.92. The van der Waals surface area contributed by atoms with Crippen molar-refractivity contribution in [2.75, 3.05) is 0 Å². The molecule has 0 saturated heterocycles. The Morgan fingerprint density at radius 2 is 2.25 bits per heavy atom. The van der Waals surface area contributed by atoms with Gasteiger partial charge in [-0.25, -0.2) is 0 Å². The number of hydrogen-bond donors (Lipinski definition) is 0. The van der Waals surface area contributed by atoms with Gasteiger partial charge in [0.1, 0.15) is 5.78 Å². The maximum absolute atomic E-state index is 10.6. The van der Waals surface area contributed by atoms with Gasteiger partial charge >= 0.3 is 0 Å². The first-order chi connectivity index (χ1) is 3.89. The molecule has 0 aromatic heterocycles. The summed E-state index contributed by atoms with van der Waals surface area (Å²) in [6.45, 7) is 0. The van der Waals surface area contributed by atoms with E-state index in [1.54, 1.807) is 0 Å². The van der Waals surface area contributed by atoms with Gasteiger partial charge < -0.3 is 0 Å². The molecule has 0 aromatic carbocycles. The Balaban J connectivity index is 2.47. The molecule has 0 atom stereocenters. The lowest BCUT2D eigenvalue weighted by atomic mass is 10.2. The first-order valence-electron chi connectivity index (χ1n) is 2.87. The third-order valence-corrected chi connectivity index (χ3v) is 1.17. The molecule has 1 aliphatic rings. The number of Topliss-reactive ketones (excluding diaryl/α,β-unsaturated/α-hetero) is 1. The fourth-order valence-corrected chi connectivity index (χ4v) is 0.712. The molecule has 0 bridgehead atoms. The molecule has 0 N–H and O–H groups in total. The van der Waals surface area contributed by atoms with E-state index < -0.39 is 0 Å². The predicted molar refractivity (Wildman–Crippen MR) is 31.3 cm³/mol. The van der Waals surface area contributed by atoms with Gasteiger partial charge in [-0.1, -0.05) is 5.92 Å². The molecule has 0 fully saturated rings. The van der Waals surface area contributed by atoms with E-state index in [2.05, 4.69) is 11.8 Å². The van der Waals surface area contributed by atoms with Crippen molar-refractivity contribution in [2.24, 2.45) is 0 Å². The van der Waals surface area contributed by atoms with E-state index in [1.807, 2.05) is 0 Å². The summed E-state index contributed by atoms with van der Waals surface area (Å²) in [6, 6.07) is 0. The summed E-state index contributed by atoms with van der Waals surface area (Å²) in [5.74, 6) is 6.01. The van der Waals surface area contributed by atoms with Crippen LogP contribution in [0, 0.1) is 11.8 Å². The highest BCUT2D eigenvalue weighted by Gasteiger charge is 1.99. The smallest absolute Gasteiger partial charge is 0.144 e. The second-order valence-corrected chi connectivity index (χ2v) is 1.92. The van der Waals surface area contributed by atoms with Crippen LogP contribution < -0.4 is 0 Å². The summed E-state index contributed by atoms with van der Waals surface area (Å²) in [4.78, 5) is 10.6. The molecule has 0 unspecified atom stereocenters. The first-order valence-corrected chi connectivity index (χ1v) is 2.87. The molecular weight excluding hydrogens is 100 g/mol. The number of ketones is 1. The number of carbonyl (C=O) groups is 1. The van der Waals surface area contributed by atoms with E-state index in [0.717, 1.165) is 19.3 Å². The van der Waals surface area contributed by atoms with Gasteiger partial charge in [0.2, 0.25) is 0 Å². The zero-order chi connectivity index (χ0) is 5.82. The Morgan fingerprint density at radius 3 is 3.12 bits per heavy atom. The summed E-state index contributed by atoms with van der Waals surface area (Å²) in [5, 5.41) is 0. The van der Waals surface area contributed by atoms with Gasteiger partial charge in [-0.15, -0.1) is 5.92 Å². The third-order valence-electron chi connectivity index (χ3n) is 1.17. The summed E-state index contributed by atoms with van der Waals surface area (Å²) >= 11 is 0. The lowest BCUT2D eigenvalue weighted by molar-refractivity contribution is -0.118. The van der Waals surface area contributed by atoms with Crippen LogP contribution in [0.2, 0.25) is 0 Å². The average molecular weight is 108 g/mol. The highest BCUT2D eigenvalue weighted by molar-refractivity contribution is 5.81. The normalized spacial score (nSPS) is 18.8. The van der Waals surface area contributed by atoms with E-state index in [1.165, 1.54) is 0 Å². The van der Waals surface area contributed by atoms with Gasteiger partial charge in [0, 0.05) is 12.8 Å². The number of carbonyl (C=O) groups excluding carboxylic acids is 1. The monoisotopic (exact) mass is 108 g/mol. The third kappa shape index (κ3) is 1.38. The van der Waals surface area contributed by atoms with Crippen molar-refractivity contribution in [3.05, 3.63) is 0 Å². The molecule has 0 aromatic rings. The zero-order valence-corrected chi connectivity index (χ0v) is 4.74. The summed E-state index contributed by atoms with van der Waals surface area (Å²) < 4.78 is 0. The van der Waals surface area contributed by atoms with E-state index in [0.29, 0.717) is 12.2 Å². The van der Waals surface area contributed by atoms with Crippen LogP contribution in [0.1, 0.15) is 25.7 Å². The van der Waals surface area contributed by atoms with Crippen molar-refractivity contribution in [3.63, 3.8) is 0 Å². The van der Waals surface area contributed by atoms with Crippen molar-refractivity contribution in [3.8, 4) is 11.8 Å². The van der Waals surface area contributed by atoms with E-state index >= 15 is 0 Å². The van der Waals surface area contributed by atoms with Gasteiger partial charge in [-0.05, 0) is 6.42 Å². The van der Waals surface area contributed by atoms with Crippen LogP contribution in [-0.4, -0.2) is 5.78 Å². The SMILES string of the molecule is O=C1CC#CCCC1. The predicted octanol–water partition coefficient (Wildman–Crippen LogP) is 1.13. The highest BCUT2D eigenvalue weighted by Crippen LogP contribution is 2.00. The average Bonchev–Trinajstić information content (AvgIpc) is 1.94. The van der Waals surface area contributed by atoms with Crippen LogP contribution in [0.4, 0.5) is 0 Å². The fourth-order valence-electron chi connectivity index (χ4n) is 0.712. The van der Waals surface area contributed by atoms with Crippen LogP contribution >= 0.6 is 0 Å². The molecule has 1 aliphatic carbocycles. The molecule has 42 valence electrons. The first kappa shape index (κ1) is 5.37. The Morgan fingerprint density at radius 1 is 1.38 bits per heavy atom. The van der Waals surface area contributed by atoms with Crippen molar-refractivity contribution in [1.29, 1.82) is 0 Å². The van der Waals surface area contributed by atoms with E-state index in [9.17, 15) is 4.79 Å². The molecule has 1 heteroatoms. The molecule has 8 heavy (non-hydrogen) atoms. The van der Waals surface area contributed by atoms with Crippen LogP contribution in [0.25, 0.3) is 0 Å². The van der Waals surface area contributed by atoms with E-state index in [-0.39, 0.29) is 0 Å². The zero-order valence-electron chi connectivity index (χ0n) is 4.74. The van der Waals surface area contributed by atoms with Gasteiger partial charge in [-0.3, -0.25) is 4.79 Å². The van der Waals surface area contributed by atoms with Gasteiger partial charge in [0.25, 0.3) is 0 Å². The summed E-state index contributed by atoms with van der Waals surface area (Å²) in [6.07, 6.45) is 3.08. The van der Waals surface area contributed by atoms with Crippen LogP contribution in [0.5, 0.6) is 0 Å². The molecule has 1 rings (SSSR count). The van der Waals surface area contributed by atoms with Crippen molar-refractivity contribution < 1.29 is 4.79 Å². The molecule has 0 spiro atoms. The van der Waals surface area contributed by atoms with Crippen LogP contribution in [0.3, 0.4) is 0 Å². The summed E-state index contributed by atoms with van der Waals surface area (Å²) in [7, 11) is 0.